The number of H-pyrrole nitrogens is 1. The van der Waals surface area contributed by atoms with Crippen LogP contribution in [-0.2, 0) is 13.1 Å². The highest BCUT2D eigenvalue weighted by atomic mass is 16.1. The molecule has 132 valence electrons. The molecular weight excluding hydrogens is 316 g/mol. The lowest BCUT2D eigenvalue weighted by Gasteiger charge is -2.35. The molecule has 1 fully saturated rings. The Morgan fingerprint density at radius 2 is 2.28 bits per heavy atom. The number of rotatable bonds is 5. The molecule has 3 aromatic heterocycles. The maximum atomic E-state index is 12.3. The van der Waals surface area contributed by atoms with Crippen LogP contribution >= 0.6 is 0 Å². The van der Waals surface area contributed by atoms with E-state index in [2.05, 4.69) is 26.5 Å². The van der Waals surface area contributed by atoms with Crippen LogP contribution in [0.1, 0.15) is 50.2 Å². The van der Waals surface area contributed by atoms with Crippen LogP contribution in [0.25, 0.3) is 5.65 Å². The molecule has 7 heteroatoms. The van der Waals surface area contributed by atoms with Gasteiger partial charge in [0.05, 0.1) is 18.3 Å². The Bertz CT molecular complexity index is 908. The maximum absolute atomic E-state index is 12.3. The SMILES string of the molecule is CCCn1ccnc1CN1CCCC[C@H]1c1cc(=O)n2[nH]ccc2n1. The second-order valence-corrected chi connectivity index (χ2v) is 6.69. The predicted molar refractivity (Wildman–Crippen MR) is 95.3 cm³/mol. The van der Waals surface area contributed by atoms with Crippen molar-refractivity contribution in [3.63, 3.8) is 0 Å². The van der Waals surface area contributed by atoms with E-state index in [9.17, 15) is 4.79 Å². The van der Waals surface area contributed by atoms with Gasteiger partial charge in [-0.3, -0.25) is 14.8 Å². The van der Waals surface area contributed by atoms with E-state index in [1.165, 1.54) is 17.4 Å². The number of hydrogen-bond donors (Lipinski definition) is 1. The molecule has 1 N–H and O–H groups in total. The smallest absolute Gasteiger partial charge is 0.272 e. The summed E-state index contributed by atoms with van der Waals surface area (Å²) >= 11 is 0. The summed E-state index contributed by atoms with van der Waals surface area (Å²) in [6.07, 6.45) is 10.1. The van der Waals surface area contributed by atoms with Gasteiger partial charge >= 0.3 is 0 Å². The van der Waals surface area contributed by atoms with Crippen LogP contribution in [0.2, 0.25) is 0 Å². The first-order valence-corrected chi connectivity index (χ1v) is 9.07. The summed E-state index contributed by atoms with van der Waals surface area (Å²) in [6, 6.07) is 3.69. The molecule has 0 unspecified atom stereocenters. The molecule has 0 aliphatic carbocycles. The molecule has 7 nitrogen and oxygen atoms in total. The van der Waals surface area contributed by atoms with Gasteiger partial charge < -0.3 is 4.57 Å². The lowest BCUT2D eigenvalue weighted by atomic mass is 9.99. The van der Waals surface area contributed by atoms with Gasteiger partial charge in [0.1, 0.15) is 5.82 Å². The molecule has 4 rings (SSSR count). The second-order valence-electron chi connectivity index (χ2n) is 6.69. The van der Waals surface area contributed by atoms with E-state index in [0.29, 0.717) is 5.65 Å². The molecule has 25 heavy (non-hydrogen) atoms. The molecule has 1 aliphatic heterocycles. The number of nitrogens with one attached hydrogen (secondary N) is 1. The highest BCUT2D eigenvalue weighted by Crippen LogP contribution is 2.30. The number of aryl methyl sites for hydroxylation is 1. The van der Waals surface area contributed by atoms with Gasteiger partial charge in [-0.05, 0) is 25.8 Å². The van der Waals surface area contributed by atoms with Crippen LogP contribution in [0.5, 0.6) is 0 Å². The van der Waals surface area contributed by atoms with Crippen LogP contribution in [0.15, 0.2) is 35.5 Å². The third-order valence-corrected chi connectivity index (χ3v) is 4.97. The number of hydrogen-bond acceptors (Lipinski definition) is 4. The van der Waals surface area contributed by atoms with Gasteiger partial charge in [0.15, 0.2) is 5.65 Å². The number of aromatic nitrogens is 5. The van der Waals surface area contributed by atoms with E-state index in [-0.39, 0.29) is 11.6 Å². The predicted octanol–water partition coefficient (Wildman–Crippen LogP) is 2.36. The molecule has 4 heterocycles. The Hall–Kier alpha value is -2.41. The average molecular weight is 340 g/mol. The summed E-state index contributed by atoms with van der Waals surface area (Å²) in [7, 11) is 0. The molecular formula is C18H24N6O. The van der Waals surface area contributed by atoms with Crippen molar-refractivity contribution in [2.24, 2.45) is 0 Å². The zero-order valence-corrected chi connectivity index (χ0v) is 14.6. The minimum absolute atomic E-state index is 0.0528. The first kappa shape index (κ1) is 16.1. The van der Waals surface area contributed by atoms with Crippen LogP contribution < -0.4 is 5.56 Å². The maximum Gasteiger partial charge on any atom is 0.272 e. The Kier molecular flexibility index (Phi) is 4.40. The number of imidazole rings is 1. The van der Waals surface area contributed by atoms with Crippen molar-refractivity contribution in [3.8, 4) is 0 Å². The fourth-order valence-corrected chi connectivity index (χ4v) is 3.75. The number of likely N-dealkylation sites (tertiary alicyclic amines) is 1. The lowest BCUT2D eigenvalue weighted by molar-refractivity contribution is 0.132. The van der Waals surface area contributed by atoms with Crippen molar-refractivity contribution in [2.75, 3.05) is 6.54 Å². The highest BCUT2D eigenvalue weighted by Gasteiger charge is 2.27. The molecule has 1 aliphatic rings. The standard InChI is InChI=1S/C18H24N6O/c1-2-9-22-11-8-19-17(22)13-23-10-4-3-5-15(23)14-12-18(25)24-16(21-14)6-7-20-24/h6-8,11-12,15,20H,2-5,9-10,13H2,1H3/t15-/m0/s1. The van der Waals surface area contributed by atoms with Crippen LogP contribution in [0.3, 0.4) is 0 Å². The summed E-state index contributed by atoms with van der Waals surface area (Å²) in [5.41, 5.74) is 1.50. The Morgan fingerprint density at radius 1 is 1.36 bits per heavy atom. The summed E-state index contributed by atoms with van der Waals surface area (Å²) in [4.78, 5) is 24.0. The van der Waals surface area contributed by atoms with E-state index in [1.807, 2.05) is 18.5 Å². The van der Waals surface area contributed by atoms with E-state index >= 15 is 0 Å². The summed E-state index contributed by atoms with van der Waals surface area (Å²) in [6.45, 7) is 4.98. The minimum Gasteiger partial charge on any atom is -0.334 e. The highest BCUT2D eigenvalue weighted by molar-refractivity contribution is 5.37. The minimum atomic E-state index is -0.0528. The fraction of sp³-hybridized carbons (Fsp3) is 0.500. The van der Waals surface area contributed by atoms with Gasteiger partial charge in [-0.1, -0.05) is 13.3 Å². The largest absolute Gasteiger partial charge is 0.334 e. The molecule has 0 saturated carbocycles. The van der Waals surface area contributed by atoms with Crippen molar-refractivity contribution in [3.05, 3.63) is 52.6 Å². The lowest BCUT2D eigenvalue weighted by Crippen LogP contribution is -2.35. The van der Waals surface area contributed by atoms with Crippen molar-refractivity contribution >= 4 is 5.65 Å². The van der Waals surface area contributed by atoms with Gasteiger partial charge in [-0.2, -0.15) is 0 Å². The number of piperidine rings is 1. The zero-order chi connectivity index (χ0) is 17.2. The molecule has 0 spiro atoms. The van der Waals surface area contributed by atoms with Crippen molar-refractivity contribution in [2.45, 2.75) is 51.7 Å². The van der Waals surface area contributed by atoms with E-state index in [4.69, 9.17) is 4.98 Å². The molecule has 1 atom stereocenters. The van der Waals surface area contributed by atoms with Gasteiger partial charge in [-0.15, -0.1) is 0 Å². The first-order chi connectivity index (χ1) is 12.3. The molecule has 3 aromatic rings. The fourth-order valence-electron chi connectivity index (χ4n) is 3.75. The summed E-state index contributed by atoms with van der Waals surface area (Å²) in [5.74, 6) is 1.09. The molecule has 1 saturated heterocycles. The number of nitrogens with zero attached hydrogens (tertiary/aromatic N) is 5. The summed E-state index contributed by atoms with van der Waals surface area (Å²) in [5, 5.41) is 2.90. The number of aromatic amines is 1. The third-order valence-electron chi connectivity index (χ3n) is 4.97. The molecule has 0 amide bonds. The van der Waals surface area contributed by atoms with Crippen molar-refractivity contribution in [1.82, 2.24) is 29.0 Å². The van der Waals surface area contributed by atoms with Crippen LogP contribution in [-0.4, -0.2) is 35.6 Å². The van der Waals surface area contributed by atoms with Crippen molar-refractivity contribution in [1.29, 1.82) is 0 Å². The molecule has 0 bridgehead atoms. The first-order valence-electron chi connectivity index (χ1n) is 9.07. The Labute approximate surface area is 146 Å². The van der Waals surface area contributed by atoms with Crippen LogP contribution in [0.4, 0.5) is 0 Å². The van der Waals surface area contributed by atoms with Gasteiger partial charge in [0, 0.05) is 37.3 Å². The third kappa shape index (κ3) is 3.11. The quantitative estimate of drug-likeness (QED) is 0.774. The zero-order valence-electron chi connectivity index (χ0n) is 14.6. The Balaban J connectivity index is 1.64. The average Bonchev–Trinajstić information content (AvgIpc) is 3.26. The number of fused-ring (bicyclic) bond motifs is 1. The van der Waals surface area contributed by atoms with Crippen molar-refractivity contribution < 1.29 is 0 Å². The van der Waals surface area contributed by atoms with E-state index in [0.717, 1.165) is 44.0 Å². The molecule has 0 aromatic carbocycles. The van der Waals surface area contributed by atoms with Gasteiger partial charge in [-0.25, -0.2) is 14.5 Å². The Morgan fingerprint density at radius 3 is 3.16 bits per heavy atom. The van der Waals surface area contributed by atoms with Crippen LogP contribution in [0, 0.1) is 0 Å². The van der Waals surface area contributed by atoms with E-state index in [1.54, 1.807) is 12.3 Å². The normalized spacial score (nSPS) is 18.8. The van der Waals surface area contributed by atoms with E-state index < -0.39 is 0 Å². The second kappa shape index (κ2) is 6.84. The summed E-state index contributed by atoms with van der Waals surface area (Å²) < 4.78 is 3.70. The van der Waals surface area contributed by atoms with Gasteiger partial charge in [0.2, 0.25) is 0 Å². The molecule has 0 radical (unpaired) electrons. The topological polar surface area (TPSA) is 71.2 Å². The monoisotopic (exact) mass is 340 g/mol. The van der Waals surface area contributed by atoms with Gasteiger partial charge in [0.25, 0.3) is 5.56 Å².